The van der Waals surface area contributed by atoms with Gasteiger partial charge in [-0.1, -0.05) is 23.7 Å². The van der Waals surface area contributed by atoms with E-state index in [9.17, 15) is 19.5 Å². The Bertz CT molecular complexity index is 1260. The van der Waals surface area contributed by atoms with E-state index in [-0.39, 0.29) is 24.3 Å². The molecule has 3 N–H and O–H groups in total. The van der Waals surface area contributed by atoms with E-state index in [1.807, 2.05) is 13.8 Å². The summed E-state index contributed by atoms with van der Waals surface area (Å²) >= 11 is 7.95. The minimum Gasteiger partial charge on any atom is -0.494 e. The number of halogens is 1. The van der Waals surface area contributed by atoms with Gasteiger partial charge in [0, 0.05) is 23.6 Å². The second kappa shape index (κ2) is 11.0. The van der Waals surface area contributed by atoms with Crippen molar-refractivity contribution in [2.75, 3.05) is 30.4 Å². The summed E-state index contributed by atoms with van der Waals surface area (Å²) in [4.78, 5) is 43.4. The first-order valence-electron chi connectivity index (χ1n) is 13.4. The number of nitrogens with one attached hydrogen (secondary N) is 2. The van der Waals surface area contributed by atoms with Gasteiger partial charge in [-0.15, -0.1) is 11.8 Å². The minimum absolute atomic E-state index is 0.00697. The molecular formula is C29H34ClN3O5S. The van der Waals surface area contributed by atoms with E-state index in [1.165, 1.54) is 0 Å². The number of hydrogen-bond donors (Lipinski definition) is 3. The zero-order chi connectivity index (χ0) is 27.8. The predicted molar refractivity (Wildman–Crippen MR) is 153 cm³/mol. The van der Waals surface area contributed by atoms with Gasteiger partial charge < -0.3 is 25.4 Å². The quantitative estimate of drug-likeness (QED) is 0.361. The number of fused-ring (bicyclic) bond motifs is 1. The summed E-state index contributed by atoms with van der Waals surface area (Å²) in [5, 5.41) is 15.7. The van der Waals surface area contributed by atoms with E-state index in [2.05, 4.69) is 10.6 Å². The number of thioether (sulfide) groups is 1. The molecule has 39 heavy (non-hydrogen) atoms. The molecular weight excluding hydrogens is 538 g/mol. The number of hydrogen-bond acceptors (Lipinski definition) is 6. The maximum absolute atomic E-state index is 14.1. The average molecular weight is 572 g/mol. The molecule has 3 fully saturated rings. The zero-order valence-electron chi connectivity index (χ0n) is 22.1. The Hall–Kier alpha value is -2.75. The topological polar surface area (TPSA) is 108 Å². The molecule has 10 heteroatoms. The van der Waals surface area contributed by atoms with Crippen LogP contribution in [0.4, 0.5) is 11.4 Å². The first-order valence-corrected chi connectivity index (χ1v) is 14.6. The van der Waals surface area contributed by atoms with Gasteiger partial charge in [-0.05, 0) is 75.9 Å². The lowest BCUT2D eigenvalue weighted by atomic mass is 9.66. The predicted octanol–water partition coefficient (Wildman–Crippen LogP) is 4.57. The molecule has 3 heterocycles. The normalized spacial score (nSPS) is 28.9. The molecule has 0 aromatic heterocycles. The molecule has 8 nitrogen and oxygen atoms in total. The Kier molecular flexibility index (Phi) is 7.86. The van der Waals surface area contributed by atoms with Gasteiger partial charge in [-0.25, -0.2) is 0 Å². The van der Waals surface area contributed by atoms with Crippen LogP contribution in [-0.4, -0.2) is 63.0 Å². The Balaban J connectivity index is 1.45. The van der Waals surface area contributed by atoms with Crippen molar-refractivity contribution in [3.8, 4) is 5.75 Å². The molecule has 5 rings (SSSR count). The number of nitrogens with zero attached hydrogens (tertiary/aromatic N) is 1. The molecule has 2 bridgehead atoms. The van der Waals surface area contributed by atoms with Crippen LogP contribution in [0.1, 0.15) is 39.5 Å². The summed E-state index contributed by atoms with van der Waals surface area (Å²) in [5.74, 6) is -1.18. The minimum atomic E-state index is -0.750. The Morgan fingerprint density at radius 2 is 1.85 bits per heavy atom. The average Bonchev–Trinajstić information content (AvgIpc) is 3.47. The molecule has 1 spiro atoms. The first kappa shape index (κ1) is 27.8. The number of rotatable bonds is 10. The fraction of sp³-hybridized carbons (Fsp3) is 0.483. The van der Waals surface area contributed by atoms with E-state index in [0.29, 0.717) is 54.6 Å². The van der Waals surface area contributed by atoms with Crippen LogP contribution >= 0.6 is 23.4 Å². The lowest BCUT2D eigenvalue weighted by molar-refractivity contribution is -0.139. The van der Waals surface area contributed by atoms with Crippen molar-refractivity contribution >= 4 is 52.5 Å². The third-order valence-corrected chi connectivity index (χ3v) is 10.5. The van der Waals surface area contributed by atoms with E-state index < -0.39 is 27.4 Å². The highest BCUT2D eigenvalue weighted by Gasteiger charge is 2.77. The number of ether oxygens (including phenoxy) is 1. The second-order valence-electron chi connectivity index (χ2n) is 10.6. The van der Waals surface area contributed by atoms with Gasteiger partial charge in [0.15, 0.2) is 0 Å². The molecule has 3 aliphatic heterocycles. The summed E-state index contributed by atoms with van der Waals surface area (Å²) in [5.41, 5.74) is 1.12. The second-order valence-corrected chi connectivity index (χ2v) is 12.9. The van der Waals surface area contributed by atoms with Crippen molar-refractivity contribution in [3.63, 3.8) is 0 Å². The number of carbonyl (C=O) groups is 3. The van der Waals surface area contributed by atoms with Crippen molar-refractivity contribution in [3.05, 3.63) is 53.6 Å². The van der Waals surface area contributed by atoms with E-state index in [0.717, 1.165) is 6.42 Å². The number of aliphatic hydroxyl groups is 1. The Morgan fingerprint density at radius 1 is 1.10 bits per heavy atom. The largest absolute Gasteiger partial charge is 0.494 e. The van der Waals surface area contributed by atoms with Gasteiger partial charge in [0.05, 0.1) is 33.9 Å². The summed E-state index contributed by atoms with van der Waals surface area (Å²) in [6.45, 7) is 4.84. The van der Waals surface area contributed by atoms with Crippen molar-refractivity contribution in [2.45, 2.75) is 55.1 Å². The fourth-order valence-corrected chi connectivity index (χ4v) is 9.09. The molecule has 3 aliphatic rings. The third kappa shape index (κ3) is 4.89. The molecule has 0 radical (unpaired) electrons. The highest BCUT2D eigenvalue weighted by atomic mass is 35.5. The molecule has 208 valence electrons. The number of para-hydroxylation sites is 1. The first-order chi connectivity index (χ1) is 18.7. The summed E-state index contributed by atoms with van der Waals surface area (Å²) in [6, 6.07) is 13.4. The number of aliphatic hydroxyl groups excluding tert-OH is 1. The maximum Gasteiger partial charge on any atom is 0.248 e. The van der Waals surface area contributed by atoms with Crippen LogP contribution in [0, 0.1) is 11.8 Å². The Labute approximate surface area is 237 Å². The number of amides is 3. The van der Waals surface area contributed by atoms with Crippen LogP contribution in [0.3, 0.4) is 0 Å². The van der Waals surface area contributed by atoms with Crippen molar-refractivity contribution in [1.82, 2.24) is 4.90 Å². The zero-order valence-corrected chi connectivity index (χ0v) is 23.7. The number of likely N-dealkylation sites (tertiary alicyclic amines) is 1. The van der Waals surface area contributed by atoms with Gasteiger partial charge in [0.2, 0.25) is 17.7 Å². The van der Waals surface area contributed by atoms with Crippen molar-refractivity contribution in [2.24, 2.45) is 11.8 Å². The molecule has 3 saturated heterocycles. The lowest BCUT2D eigenvalue weighted by Crippen LogP contribution is -2.52. The molecule has 2 aromatic rings. The number of carbonyl (C=O) groups excluding carboxylic acids is 3. The van der Waals surface area contributed by atoms with Crippen LogP contribution in [0.2, 0.25) is 5.02 Å². The number of unbranched alkanes of at least 4 members (excludes halogenated alkanes) is 1. The smallest absolute Gasteiger partial charge is 0.248 e. The Morgan fingerprint density at radius 3 is 2.54 bits per heavy atom. The van der Waals surface area contributed by atoms with Crippen LogP contribution in [0.15, 0.2) is 48.5 Å². The molecule has 0 saturated carbocycles. The van der Waals surface area contributed by atoms with Crippen molar-refractivity contribution < 1.29 is 24.2 Å². The molecule has 5 atom stereocenters. The van der Waals surface area contributed by atoms with Gasteiger partial charge >= 0.3 is 0 Å². The van der Waals surface area contributed by atoms with Gasteiger partial charge in [0.25, 0.3) is 0 Å². The third-order valence-electron chi connectivity index (χ3n) is 8.18. The molecule has 2 unspecified atom stereocenters. The summed E-state index contributed by atoms with van der Waals surface area (Å²) < 4.78 is 4.30. The van der Waals surface area contributed by atoms with Crippen LogP contribution < -0.4 is 15.4 Å². The van der Waals surface area contributed by atoms with Crippen LogP contribution in [0.5, 0.6) is 5.75 Å². The highest BCUT2D eigenvalue weighted by Crippen LogP contribution is 2.71. The van der Waals surface area contributed by atoms with Crippen molar-refractivity contribution in [1.29, 1.82) is 0 Å². The highest BCUT2D eigenvalue weighted by molar-refractivity contribution is 8.02. The number of benzene rings is 2. The van der Waals surface area contributed by atoms with Gasteiger partial charge in [-0.3, -0.25) is 14.4 Å². The summed E-state index contributed by atoms with van der Waals surface area (Å²) in [7, 11) is 0. The van der Waals surface area contributed by atoms with E-state index in [4.69, 9.17) is 16.3 Å². The monoisotopic (exact) mass is 571 g/mol. The van der Waals surface area contributed by atoms with E-state index >= 15 is 0 Å². The molecule has 3 amide bonds. The molecule has 2 aromatic carbocycles. The SMILES string of the molecule is CCOc1ccc(NC(=O)[C@H]2[C@H]3C(=O)N(CCCCO)C(C(=O)Nc4ccccc4Cl)C34CC[C@]2(C)S4)cc1. The van der Waals surface area contributed by atoms with Gasteiger partial charge in [-0.2, -0.15) is 0 Å². The van der Waals surface area contributed by atoms with Gasteiger partial charge in [0.1, 0.15) is 11.8 Å². The lowest BCUT2D eigenvalue weighted by Gasteiger charge is -2.35. The maximum atomic E-state index is 14.1. The number of anilines is 2. The standard InChI is InChI=1S/C29H34ClN3O5S/c1-3-38-19-12-10-18(11-13-19)31-25(35)22-23-27(37)33(16-6-7-17-34)24(29(23)15-14-28(22,2)39-29)26(36)32-21-9-5-4-8-20(21)30/h4-5,8-13,22-24,34H,3,6-7,14-17H2,1-2H3,(H,31,35)(H,32,36)/t22-,23+,24?,28+,29?/m1/s1. The van der Waals surface area contributed by atoms with E-state index in [1.54, 1.807) is 65.2 Å². The fourth-order valence-electron chi connectivity index (χ4n) is 6.55. The summed E-state index contributed by atoms with van der Waals surface area (Å²) in [6.07, 6.45) is 2.47. The van der Waals surface area contributed by atoms with Crippen LogP contribution in [-0.2, 0) is 14.4 Å². The van der Waals surface area contributed by atoms with Crippen LogP contribution in [0.25, 0.3) is 0 Å². The molecule has 0 aliphatic carbocycles.